The molecule has 0 heterocycles. The summed E-state index contributed by atoms with van der Waals surface area (Å²) in [5, 5.41) is 0. The number of rotatable bonds is 5. The lowest BCUT2D eigenvalue weighted by atomic mass is 9.47. The molecule has 4 unspecified atom stereocenters. The van der Waals surface area contributed by atoms with Gasteiger partial charge in [0.05, 0.1) is 0 Å². The van der Waals surface area contributed by atoms with Gasteiger partial charge in [-0.2, -0.15) is 0 Å². The van der Waals surface area contributed by atoms with E-state index in [-0.39, 0.29) is 5.97 Å². The Balaban J connectivity index is 2.08. The number of carbonyl (C=O) groups excluding carboxylic acids is 1. The van der Waals surface area contributed by atoms with Crippen molar-refractivity contribution in [1.29, 1.82) is 0 Å². The highest BCUT2D eigenvalue weighted by molar-refractivity contribution is 5.66. The Hall–Kier alpha value is -1.05. The van der Waals surface area contributed by atoms with Crippen LogP contribution >= 0.6 is 0 Å². The van der Waals surface area contributed by atoms with Gasteiger partial charge in [0.2, 0.25) is 0 Å². The summed E-state index contributed by atoms with van der Waals surface area (Å²) in [6, 6.07) is 0. The molecule has 0 N–H and O–H groups in total. The molecule has 0 aromatic carbocycles. The maximum atomic E-state index is 10.9. The Morgan fingerprint density at radius 1 is 1.33 bits per heavy atom. The molecular formula is C22H36O2. The average Bonchev–Trinajstić information content (AvgIpc) is 2.51. The summed E-state index contributed by atoms with van der Waals surface area (Å²) in [6.45, 7) is 13.9. The molecule has 2 aliphatic carbocycles. The first-order valence-corrected chi connectivity index (χ1v) is 9.66. The highest BCUT2D eigenvalue weighted by Gasteiger charge is 2.52. The predicted octanol–water partition coefficient (Wildman–Crippen LogP) is 6.07. The van der Waals surface area contributed by atoms with Crippen molar-refractivity contribution in [3.05, 3.63) is 23.3 Å². The lowest BCUT2D eigenvalue weighted by Crippen LogP contribution is -2.49. The van der Waals surface area contributed by atoms with Crippen LogP contribution in [0.15, 0.2) is 23.3 Å². The second-order valence-corrected chi connectivity index (χ2v) is 8.73. The number of esters is 1. The van der Waals surface area contributed by atoms with E-state index >= 15 is 0 Å². The number of hydrogen-bond acceptors (Lipinski definition) is 2. The third kappa shape index (κ3) is 3.78. The van der Waals surface area contributed by atoms with Crippen LogP contribution in [0.1, 0.15) is 80.1 Å². The number of fused-ring (bicyclic) bond motifs is 1. The van der Waals surface area contributed by atoms with Gasteiger partial charge >= 0.3 is 5.97 Å². The van der Waals surface area contributed by atoms with Gasteiger partial charge in [-0.3, -0.25) is 4.79 Å². The van der Waals surface area contributed by atoms with Gasteiger partial charge in [-0.15, -0.1) is 0 Å². The SMILES string of the molecule is CC(=O)OCC=C(C)CCC1(C)C(C)CCC2(C)C(C)=CCCC21. The van der Waals surface area contributed by atoms with Crippen molar-refractivity contribution in [2.24, 2.45) is 22.7 Å². The molecule has 1 fully saturated rings. The first kappa shape index (κ1) is 19.3. The van der Waals surface area contributed by atoms with E-state index in [4.69, 9.17) is 4.74 Å². The minimum absolute atomic E-state index is 0.202. The molecule has 2 rings (SSSR count). The summed E-state index contributed by atoms with van der Waals surface area (Å²) in [7, 11) is 0. The molecule has 24 heavy (non-hydrogen) atoms. The minimum atomic E-state index is -0.202. The van der Waals surface area contributed by atoms with E-state index in [0.717, 1.165) is 18.3 Å². The third-order valence-corrected chi connectivity index (χ3v) is 7.37. The number of hydrogen-bond donors (Lipinski definition) is 0. The summed E-state index contributed by atoms with van der Waals surface area (Å²) in [6.07, 6.45) is 12.2. The number of ether oxygens (including phenoxy) is 1. The Morgan fingerprint density at radius 2 is 2.04 bits per heavy atom. The van der Waals surface area contributed by atoms with Gasteiger partial charge in [0.1, 0.15) is 6.61 Å². The molecule has 0 amide bonds. The lowest BCUT2D eigenvalue weighted by molar-refractivity contribution is -0.139. The monoisotopic (exact) mass is 332 g/mol. The molecular weight excluding hydrogens is 296 g/mol. The largest absolute Gasteiger partial charge is 0.462 e. The minimum Gasteiger partial charge on any atom is -0.462 e. The zero-order valence-corrected chi connectivity index (χ0v) is 16.6. The molecule has 0 radical (unpaired) electrons. The Morgan fingerprint density at radius 3 is 2.71 bits per heavy atom. The topological polar surface area (TPSA) is 26.3 Å². The van der Waals surface area contributed by atoms with Gasteiger partial charge in [0.25, 0.3) is 0 Å². The molecule has 0 spiro atoms. The number of allylic oxidation sites excluding steroid dienone is 3. The second-order valence-electron chi connectivity index (χ2n) is 8.73. The van der Waals surface area contributed by atoms with Crippen LogP contribution in [0.4, 0.5) is 0 Å². The molecule has 136 valence electrons. The highest BCUT2D eigenvalue weighted by Crippen LogP contribution is 2.61. The lowest BCUT2D eigenvalue weighted by Gasteiger charge is -2.58. The quantitative estimate of drug-likeness (QED) is 0.451. The van der Waals surface area contributed by atoms with Gasteiger partial charge < -0.3 is 4.74 Å². The molecule has 0 aromatic rings. The maximum absolute atomic E-state index is 10.9. The molecule has 0 aliphatic heterocycles. The van der Waals surface area contributed by atoms with Gasteiger partial charge in [-0.1, -0.05) is 38.0 Å². The molecule has 4 atom stereocenters. The molecule has 1 saturated carbocycles. The summed E-state index contributed by atoms with van der Waals surface area (Å²) in [5.41, 5.74) is 3.77. The van der Waals surface area contributed by atoms with Crippen LogP contribution < -0.4 is 0 Å². The fourth-order valence-corrected chi connectivity index (χ4v) is 5.20. The summed E-state index contributed by atoms with van der Waals surface area (Å²) >= 11 is 0. The molecule has 0 aromatic heterocycles. The Kier molecular flexibility index (Phi) is 5.99. The fourth-order valence-electron chi connectivity index (χ4n) is 5.20. The van der Waals surface area contributed by atoms with Gasteiger partial charge in [0.15, 0.2) is 0 Å². The Labute approximate surface area is 148 Å². The van der Waals surface area contributed by atoms with Crippen LogP contribution in [0.25, 0.3) is 0 Å². The maximum Gasteiger partial charge on any atom is 0.302 e. The summed E-state index contributed by atoms with van der Waals surface area (Å²) < 4.78 is 5.04. The van der Waals surface area contributed by atoms with Crippen LogP contribution in [0.3, 0.4) is 0 Å². The van der Waals surface area contributed by atoms with E-state index in [9.17, 15) is 4.79 Å². The normalized spacial score (nSPS) is 36.8. The summed E-state index contributed by atoms with van der Waals surface area (Å²) in [5.74, 6) is 1.37. The van der Waals surface area contributed by atoms with Crippen LogP contribution in [0.2, 0.25) is 0 Å². The molecule has 0 bridgehead atoms. The molecule has 2 heteroatoms. The highest BCUT2D eigenvalue weighted by atomic mass is 16.5. The van der Waals surface area contributed by atoms with Crippen molar-refractivity contribution in [3.8, 4) is 0 Å². The van der Waals surface area contributed by atoms with Crippen molar-refractivity contribution in [1.82, 2.24) is 0 Å². The van der Waals surface area contributed by atoms with Crippen molar-refractivity contribution in [3.63, 3.8) is 0 Å². The van der Waals surface area contributed by atoms with E-state index in [2.05, 4.69) is 46.8 Å². The molecule has 2 aliphatic rings. The zero-order chi connectivity index (χ0) is 18.0. The number of carbonyl (C=O) groups is 1. The van der Waals surface area contributed by atoms with Crippen LogP contribution in [0.5, 0.6) is 0 Å². The van der Waals surface area contributed by atoms with Gasteiger partial charge in [-0.05, 0) is 81.1 Å². The van der Waals surface area contributed by atoms with Gasteiger partial charge in [0, 0.05) is 6.92 Å². The zero-order valence-electron chi connectivity index (χ0n) is 16.6. The molecule has 2 nitrogen and oxygen atoms in total. The molecule has 0 saturated heterocycles. The van der Waals surface area contributed by atoms with Crippen LogP contribution in [0, 0.1) is 22.7 Å². The standard InChI is InChI=1S/C22H36O2/c1-16(12-15-24-19(4)23)10-13-21(5)18(3)11-14-22(6)17(2)8-7-9-20(21)22/h8,12,18,20H,7,9-11,13-15H2,1-6H3. The van der Waals surface area contributed by atoms with E-state index in [0.29, 0.717) is 17.4 Å². The van der Waals surface area contributed by atoms with Gasteiger partial charge in [-0.25, -0.2) is 0 Å². The smallest absolute Gasteiger partial charge is 0.302 e. The third-order valence-electron chi connectivity index (χ3n) is 7.37. The first-order valence-electron chi connectivity index (χ1n) is 9.66. The van der Waals surface area contributed by atoms with Crippen molar-refractivity contribution >= 4 is 5.97 Å². The van der Waals surface area contributed by atoms with Crippen molar-refractivity contribution in [2.45, 2.75) is 80.1 Å². The van der Waals surface area contributed by atoms with E-state index < -0.39 is 0 Å². The van der Waals surface area contributed by atoms with Crippen LogP contribution in [-0.2, 0) is 9.53 Å². The Bertz CT molecular complexity index is 530. The second kappa shape index (κ2) is 7.45. The van der Waals surface area contributed by atoms with E-state index in [1.165, 1.54) is 44.6 Å². The first-order chi connectivity index (χ1) is 11.2. The average molecular weight is 333 g/mol. The van der Waals surface area contributed by atoms with Crippen LogP contribution in [-0.4, -0.2) is 12.6 Å². The van der Waals surface area contributed by atoms with Crippen molar-refractivity contribution < 1.29 is 9.53 Å². The summed E-state index contributed by atoms with van der Waals surface area (Å²) in [4.78, 5) is 10.9. The van der Waals surface area contributed by atoms with E-state index in [1.807, 2.05) is 0 Å². The van der Waals surface area contributed by atoms with Crippen molar-refractivity contribution in [2.75, 3.05) is 6.61 Å². The van der Waals surface area contributed by atoms with E-state index in [1.54, 1.807) is 5.57 Å². The predicted molar refractivity (Wildman–Crippen MR) is 101 cm³/mol. The fraction of sp³-hybridized carbons (Fsp3) is 0.773.